The van der Waals surface area contributed by atoms with E-state index in [1.165, 1.54) is 5.56 Å². The largest absolute Gasteiger partial charge is 0.481 e. The molecule has 0 unspecified atom stereocenters. The Bertz CT molecular complexity index is 389. The molecule has 3 heteroatoms. The van der Waals surface area contributed by atoms with Crippen molar-refractivity contribution in [3.05, 3.63) is 34.9 Å². The smallest absolute Gasteiger partial charge is 0.183 e. The average Bonchev–Trinajstić information content (AvgIpc) is 2.31. The Morgan fingerprint density at radius 3 is 2.88 bits per heavy atom. The van der Waals surface area contributed by atoms with E-state index in [2.05, 4.69) is 11.1 Å². The van der Waals surface area contributed by atoms with E-state index in [0.717, 1.165) is 30.3 Å². The first-order chi connectivity index (χ1) is 7.81. The fourth-order valence-corrected chi connectivity index (χ4v) is 2.31. The minimum Gasteiger partial charge on any atom is -0.481 e. The first-order valence-corrected chi connectivity index (χ1v) is 6.09. The van der Waals surface area contributed by atoms with Crippen LogP contribution < -0.4 is 0 Å². The molecule has 0 saturated heterocycles. The summed E-state index contributed by atoms with van der Waals surface area (Å²) in [5.41, 5.74) is 1.21. The van der Waals surface area contributed by atoms with Crippen molar-refractivity contribution < 1.29 is 4.74 Å². The average molecular weight is 238 g/mol. The third kappa shape index (κ3) is 2.56. The molecule has 0 N–H and O–H groups in total. The molecule has 0 saturated carbocycles. The molecular weight excluding hydrogens is 222 g/mol. The van der Waals surface area contributed by atoms with Gasteiger partial charge in [-0.15, -0.1) is 0 Å². The summed E-state index contributed by atoms with van der Waals surface area (Å²) in [6.45, 7) is 3.48. The van der Waals surface area contributed by atoms with Crippen LogP contribution in [0.15, 0.2) is 29.3 Å². The van der Waals surface area contributed by atoms with Crippen LogP contribution in [0.2, 0.25) is 5.02 Å². The van der Waals surface area contributed by atoms with Gasteiger partial charge >= 0.3 is 0 Å². The summed E-state index contributed by atoms with van der Waals surface area (Å²) in [6, 6.07) is 8.03. The van der Waals surface area contributed by atoms with Gasteiger partial charge in [-0.3, -0.25) is 4.99 Å². The summed E-state index contributed by atoms with van der Waals surface area (Å²) in [4.78, 5) is 4.45. The van der Waals surface area contributed by atoms with Gasteiger partial charge in [0.15, 0.2) is 5.90 Å². The maximum atomic E-state index is 6.18. The molecule has 16 heavy (non-hydrogen) atoms. The van der Waals surface area contributed by atoms with Gasteiger partial charge in [0.25, 0.3) is 0 Å². The third-order valence-electron chi connectivity index (χ3n) is 2.85. The molecule has 0 spiro atoms. The Labute approximate surface area is 101 Å². The summed E-state index contributed by atoms with van der Waals surface area (Å²) in [5, 5.41) is 0.850. The topological polar surface area (TPSA) is 21.6 Å². The molecule has 0 amide bonds. The van der Waals surface area contributed by atoms with Crippen molar-refractivity contribution in [2.24, 2.45) is 4.99 Å². The molecule has 1 aromatic carbocycles. The van der Waals surface area contributed by atoms with Gasteiger partial charge in [0.1, 0.15) is 0 Å². The summed E-state index contributed by atoms with van der Waals surface area (Å²) in [5.74, 6) is 1.34. The van der Waals surface area contributed by atoms with Crippen LogP contribution in [0.4, 0.5) is 0 Å². The van der Waals surface area contributed by atoms with Gasteiger partial charge in [0.05, 0.1) is 6.61 Å². The Balaban J connectivity index is 2.07. The van der Waals surface area contributed by atoms with E-state index in [9.17, 15) is 0 Å². The maximum Gasteiger partial charge on any atom is 0.183 e. The molecular formula is C13H16ClNO. The van der Waals surface area contributed by atoms with E-state index in [-0.39, 0.29) is 0 Å². The van der Waals surface area contributed by atoms with Crippen LogP contribution in [0.25, 0.3) is 0 Å². The van der Waals surface area contributed by atoms with Gasteiger partial charge in [-0.05, 0) is 25.0 Å². The maximum absolute atomic E-state index is 6.18. The normalized spacial score (nSPS) is 20.4. The lowest BCUT2D eigenvalue weighted by Gasteiger charge is -2.22. The van der Waals surface area contributed by atoms with Crippen LogP contribution in [-0.2, 0) is 4.74 Å². The zero-order chi connectivity index (χ0) is 11.4. The Morgan fingerprint density at radius 2 is 2.25 bits per heavy atom. The molecule has 0 aromatic heterocycles. The lowest BCUT2D eigenvalue weighted by Crippen LogP contribution is -2.17. The molecule has 1 aromatic rings. The fourth-order valence-electron chi connectivity index (χ4n) is 2.02. The molecule has 0 fully saturated rings. The highest BCUT2D eigenvalue weighted by Gasteiger charge is 2.19. The first-order valence-electron chi connectivity index (χ1n) is 5.71. The molecule has 1 atom stereocenters. The standard InChI is InChI=1S/C13H16ClNO/c1-2-16-13-8-7-10(9-15-13)11-5-3-4-6-12(11)14/h3-6,10H,2,7-9H2,1H3/t10-/m0/s1. The van der Waals surface area contributed by atoms with Crippen LogP contribution in [-0.4, -0.2) is 19.0 Å². The first kappa shape index (κ1) is 11.5. The molecule has 2 nitrogen and oxygen atoms in total. The van der Waals surface area contributed by atoms with Crippen molar-refractivity contribution in [2.45, 2.75) is 25.7 Å². The fraction of sp³-hybridized carbons (Fsp3) is 0.462. The van der Waals surface area contributed by atoms with E-state index in [1.807, 2.05) is 25.1 Å². The highest BCUT2D eigenvalue weighted by atomic mass is 35.5. The van der Waals surface area contributed by atoms with Crippen LogP contribution in [0.1, 0.15) is 31.2 Å². The van der Waals surface area contributed by atoms with Crippen molar-refractivity contribution in [2.75, 3.05) is 13.2 Å². The van der Waals surface area contributed by atoms with Gasteiger partial charge < -0.3 is 4.74 Å². The summed E-state index contributed by atoms with van der Waals surface area (Å²) in [7, 11) is 0. The minimum absolute atomic E-state index is 0.443. The second-order valence-electron chi connectivity index (χ2n) is 3.92. The highest BCUT2D eigenvalue weighted by molar-refractivity contribution is 6.31. The van der Waals surface area contributed by atoms with Gasteiger partial charge in [-0.2, -0.15) is 0 Å². The molecule has 1 aliphatic heterocycles. The van der Waals surface area contributed by atoms with E-state index in [4.69, 9.17) is 16.3 Å². The molecule has 0 bridgehead atoms. The lowest BCUT2D eigenvalue weighted by atomic mass is 9.92. The van der Waals surface area contributed by atoms with Crippen molar-refractivity contribution in [1.82, 2.24) is 0 Å². The van der Waals surface area contributed by atoms with E-state index < -0.39 is 0 Å². The van der Waals surface area contributed by atoms with Gasteiger partial charge in [-0.1, -0.05) is 29.8 Å². The molecule has 1 heterocycles. The quantitative estimate of drug-likeness (QED) is 0.770. The summed E-state index contributed by atoms with van der Waals surface area (Å²) < 4.78 is 5.41. The van der Waals surface area contributed by atoms with Gasteiger partial charge in [0.2, 0.25) is 0 Å². The van der Waals surface area contributed by atoms with Gasteiger partial charge in [-0.25, -0.2) is 0 Å². The SMILES string of the molecule is CCOC1=NC[C@@H](c2ccccc2Cl)CC1. The third-order valence-corrected chi connectivity index (χ3v) is 3.19. The number of hydrogen-bond acceptors (Lipinski definition) is 2. The van der Waals surface area contributed by atoms with Crippen LogP contribution in [0, 0.1) is 0 Å². The highest BCUT2D eigenvalue weighted by Crippen LogP contribution is 2.30. The number of aliphatic imine (C=N–C) groups is 1. The number of nitrogens with zero attached hydrogens (tertiary/aromatic N) is 1. The Hall–Kier alpha value is -1.02. The van der Waals surface area contributed by atoms with Crippen molar-refractivity contribution in [3.8, 4) is 0 Å². The summed E-state index contributed by atoms with van der Waals surface area (Å²) >= 11 is 6.18. The zero-order valence-electron chi connectivity index (χ0n) is 9.45. The van der Waals surface area contributed by atoms with E-state index in [0.29, 0.717) is 12.5 Å². The molecule has 0 aliphatic carbocycles. The zero-order valence-corrected chi connectivity index (χ0v) is 10.2. The molecule has 0 radical (unpaired) electrons. The number of hydrogen-bond donors (Lipinski definition) is 0. The van der Waals surface area contributed by atoms with Crippen LogP contribution >= 0.6 is 11.6 Å². The van der Waals surface area contributed by atoms with Gasteiger partial charge in [0, 0.05) is 23.9 Å². The van der Waals surface area contributed by atoms with Crippen LogP contribution in [0.3, 0.4) is 0 Å². The predicted molar refractivity (Wildman–Crippen MR) is 67.4 cm³/mol. The van der Waals surface area contributed by atoms with Crippen molar-refractivity contribution in [3.63, 3.8) is 0 Å². The second kappa shape index (κ2) is 5.35. The number of halogens is 1. The minimum atomic E-state index is 0.443. The molecule has 1 aliphatic rings. The monoisotopic (exact) mass is 237 g/mol. The predicted octanol–water partition coefficient (Wildman–Crippen LogP) is 3.65. The summed E-state index contributed by atoms with van der Waals surface area (Å²) in [6.07, 6.45) is 1.99. The lowest BCUT2D eigenvalue weighted by molar-refractivity contribution is 0.307. The molecule has 86 valence electrons. The number of benzene rings is 1. The second-order valence-corrected chi connectivity index (χ2v) is 4.33. The van der Waals surface area contributed by atoms with E-state index >= 15 is 0 Å². The number of rotatable bonds is 2. The van der Waals surface area contributed by atoms with Crippen molar-refractivity contribution in [1.29, 1.82) is 0 Å². The Morgan fingerprint density at radius 1 is 1.44 bits per heavy atom. The molecule has 2 rings (SSSR count). The van der Waals surface area contributed by atoms with Crippen molar-refractivity contribution >= 4 is 17.5 Å². The number of ether oxygens (including phenoxy) is 1. The van der Waals surface area contributed by atoms with E-state index in [1.54, 1.807) is 0 Å². The van der Waals surface area contributed by atoms with Crippen LogP contribution in [0.5, 0.6) is 0 Å². The Kier molecular flexibility index (Phi) is 3.83.